The van der Waals surface area contributed by atoms with Gasteiger partial charge in [0, 0.05) is 49.0 Å². The van der Waals surface area contributed by atoms with E-state index in [9.17, 15) is 19.2 Å². The Bertz CT molecular complexity index is 914. The summed E-state index contributed by atoms with van der Waals surface area (Å²) in [5, 5.41) is 0.406. The average molecular weight is 389 g/mol. The second-order valence-electron chi connectivity index (χ2n) is 6.93. The van der Waals surface area contributed by atoms with Crippen LogP contribution in [-0.2, 0) is 14.4 Å². The zero-order valence-electron chi connectivity index (χ0n) is 14.8. The fourth-order valence-electron chi connectivity index (χ4n) is 4.00. The van der Waals surface area contributed by atoms with Crippen LogP contribution in [0.5, 0.6) is 5.75 Å². The van der Waals surface area contributed by atoms with E-state index in [0.717, 1.165) is 9.80 Å². The molecule has 0 aromatic heterocycles. The number of hydrogen-bond acceptors (Lipinski definition) is 5. The van der Waals surface area contributed by atoms with Gasteiger partial charge in [-0.15, -0.1) is 0 Å². The normalized spacial score (nSPS) is 23.4. The number of carbonyl (C=O) groups excluding carboxylic acids is 4. The number of ether oxygens (including phenoxy) is 1. The number of amides is 4. The lowest BCUT2D eigenvalue weighted by molar-refractivity contribution is -0.148. The number of Topliss-reactive ketones (excluding diaryl/α,β-unsaturated/α-hetero) is 1. The molecule has 0 N–H and O–H groups in total. The quantitative estimate of drug-likeness (QED) is 0.690. The van der Waals surface area contributed by atoms with Crippen molar-refractivity contribution in [1.82, 2.24) is 9.80 Å². The Hall–Kier alpha value is -2.67. The fraction of sp³-hybridized carbons (Fsp3) is 0.368. The number of nitrogens with zero attached hydrogens (tertiary/aromatic N) is 2. The van der Waals surface area contributed by atoms with Gasteiger partial charge in [0.05, 0.1) is 0 Å². The van der Waals surface area contributed by atoms with Crippen LogP contribution in [0.4, 0.5) is 4.79 Å². The Balaban J connectivity index is 1.93. The predicted octanol–water partition coefficient (Wildman–Crippen LogP) is 2.49. The summed E-state index contributed by atoms with van der Waals surface area (Å²) in [7, 11) is 2.66. The number of halogens is 1. The summed E-state index contributed by atoms with van der Waals surface area (Å²) in [6.45, 7) is 0. The third-order valence-electron chi connectivity index (χ3n) is 5.36. The summed E-state index contributed by atoms with van der Waals surface area (Å²) in [6, 6.07) is 4.25. The number of rotatable bonds is 1. The molecule has 1 aromatic carbocycles. The van der Waals surface area contributed by atoms with Crippen LogP contribution in [0.3, 0.4) is 0 Å². The number of hydrogen-bond donors (Lipinski definition) is 0. The lowest BCUT2D eigenvalue weighted by Crippen LogP contribution is -2.58. The van der Waals surface area contributed by atoms with Crippen LogP contribution in [0.15, 0.2) is 29.5 Å². The number of ketones is 1. The van der Waals surface area contributed by atoms with Crippen LogP contribution in [0.1, 0.15) is 30.7 Å². The van der Waals surface area contributed by atoms with Crippen molar-refractivity contribution < 1.29 is 23.9 Å². The molecule has 4 rings (SSSR count). The topological polar surface area (TPSA) is 84.0 Å². The van der Waals surface area contributed by atoms with Crippen LogP contribution >= 0.6 is 11.6 Å². The van der Waals surface area contributed by atoms with Crippen LogP contribution in [0.2, 0.25) is 5.02 Å². The SMILES string of the molecule is CN1C(=O)C(C2C3=C(CCCC3=O)Oc3ccc(Cl)cc32)C(=O)N(C)C1=O. The average Bonchev–Trinajstić information content (AvgIpc) is 2.65. The smallest absolute Gasteiger partial charge is 0.332 e. The molecule has 1 fully saturated rings. The summed E-state index contributed by atoms with van der Waals surface area (Å²) >= 11 is 6.14. The molecule has 0 bridgehead atoms. The summed E-state index contributed by atoms with van der Waals surface area (Å²) in [6.07, 6.45) is 1.53. The molecular formula is C19H17ClN2O5. The van der Waals surface area contributed by atoms with Crippen molar-refractivity contribution in [1.29, 1.82) is 0 Å². The second kappa shape index (κ2) is 6.20. The Morgan fingerprint density at radius 2 is 1.67 bits per heavy atom. The molecule has 4 amide bonds. The number of carbonyl (C=O) groups is 4. The minimum absolute atomic E-state index is 0.144. The van der Waals surface area contributed by atoms with Gasteiger partial charge < -0.3 is 4.74 Å². The van der Waals surface area contributed by atoms with Gasteiger partial charge >= 0.3 is 6.03 Å². The summed E-state index contributed by atoms with van der Waals surface area (Å²) in [4.78, 5) is 52.5. The summed E-state index contributed by atoms with van der Waals surface area (Å²) in [5.74, 6) is -2.49. The highest BCUT2D eigenvalue weighted by atomic mass is 35.5. The molecule has 0 spiro atoms. The number of allylic oxidation sites excluding steroid dienone is 2. The monoisotopic (exact) mass is 388 g/mol. The molecule has 0 radical (unpaired) electrons. The third-order valence-corrected chi connectivity index (χ3v) is 5.60. The molecule has 1 aliphatic carbocycles. The Labute approximate surface area is 160 Å². The van der Waals surface area contributed by atoms with Crippen LogP contribution < -0.4 is 4.74 Å². The fourth-order valence-corrected chi connectivity index (χ4v) is 4.18. The van der Waals surface area contributed by atoms with E-state index >= 15 is 0 Å². The third kappa shape index (κ3) is 2.56. The minimum atomic E-state index is -1.22. The second-order valence-corrected chi connectivity index (χ2v) is 7.37. The van der Waals surface area contributed by atoms with Gasteiger partial charge in [0.15, 0.2) is 5.78 Å². The van der Waals surface area contributed by atoms with Gasteiger partial charge in [-0.1, -0.05) is 11.6 Å². The maximum absolute atomic E-state index is 12.9. The standard InChI is InChI=1S/C19H17ClN2O5/c1-21-17(24)16(18(25)22(2)19(21)26)14-10-8-9(20)6-7-12(10)27-13-5-3-4-11(23)15(13)14/h6-8,14,16H,3-5H2,1-2H3. The highest BCUT2D eigenvalue weighted by molar-refractivity contribution is 6.30. The van der Waals surface area contributed by atoms with Crippen LogP contribution in [0, 0.1) is 5.92 Å². The van der Waals surface area contributed by atoms with E-state index in [-0.39, 0.29) is 5.78 Å². The van der Waals surface area contributed by atoms with Crippen molar-refractivity contribution in [2.75, 3.05) is 14.1 Å². The van der Waals surface area contributed by atoms with Gasteiger partial charge in [-0.25, -0.2) is 4.79 Å². The van der Waals surface area contributed by atoms with Crippen LogP contribution in [0.25, 0.3) is 0 Å². The van der Waals surface area contributed by atoms with Crippen LogP contribution in [-0.4, -0.2) is 47.5 Å². The molecule has 0 saturated carbocycles. The molecule has 140 valence electrons. The first-order chi connectivity index (χ1) is 12.8. The first-order valence-corrected chi connectivity index (χ1v) is 9.01. The van der Waals surface area contributed by atoms with Gasteiger partial charge in [-0.05, 0) is 24.6 Å². The van der Waals surface area contributed by atoms with Gasteiger partial charge in [0.2, 0.25) is 11.8 Å². The van der Waals surface area contributed by atoms with Crippen molar-refractivity contribution in [3.8, 4) is 5.75 Å². The first-order valence-electron chi connectivity index (χ1n) is 8.64. The Kier molecular flexibility index (Phi) is 4.07. The lowest BCUT2D eigenvalue weighted by Gasteiger charge is -2.40. The zero-order chi connectivity index (χ0) is 19.5. The number of barbiturate groups is 1. The van der Waals surface area contributed by atoms with Gasteiger partial charge in [-0.2, -0.15) is 0 Å². The maximum Gasteiger partial charge on any atom is 0.332 e. The molecule has 3 aliphatic rings. The zero-order valence-corrected chi connectivity index (χ0v) is 15.6. The van der Waals surface area contributed by atoms with Crippen molar-refractivity contribution >= 4 is 35.2 Å². The van der Waals surface area contributed by atoms with E-state index in [1.807, 2.05) is 0 Å². The van der Waals surface area contributed by atoms with Crippen molar-refractivity contribution in [2.45, 2.75) is 25.2 Å². The molecule has 27 heavy (non-hydrogen) atoms. The molecule has 1 atom stereocenters. The number of fused-ring (bicyclic) bond motifs is 1. The number of urea groups is 1. The van der Waals surface area contributed by atoms with E-state index in [2.05, 4.69) is 0 Å². The predicted molar refractivity (Wildman–Crippen MR) is 95.1 cm³/mol. The van der Waals surface area contributed by atoms with Crippen molar-refractivity contribution in [3.63, 3.8) is 0 Å². The molecule has 1 saturated heterocycles. The molecule has 1 aromatic rings. The van der Waals surface area contributed by atoms with Crippen molar-refractivity contribution in [2.24, 2.45) is 5.92 Å². The Morgan fingerprint density at radius 1 is 1.00 bits per heavy atom. The van der Waals surface area contributed by atoms with Gasteiger partial charge in [0.25, 0.3) is 0 Å². The summed E-state index contributed by atoms with van der Waals surface area (Å²) in [5.41, 5.74) is 0.859. The molecule has 8 heteroatoms. The highest BCUT2D eigenvalue weighted by Gasteiger charge is 2.51. The Morgan fingerprint density at radius 3 is 2.33 bits per heavy atom. The van der Waals surface area contributed by atoms with E-state index in [1.165, 1.54) is 14.1 Å². The minimum Gasteiger partial charge on any atom is -0.461 e. The van der Waals surface area contributed by atoms with E-state index in [1.54, 1.807) is 18.2 Å². The highest BCUT2D eigenvalue weighted by Crippen LogP contribution is 2.48. The molecular weight excluding hydrogens is 372 g/mol. The largest absolute Gasteiger partial charge is 0.461 e. The molecule has 2 aliphatic heterocycles. The van der Waals surface area contributed by atoms with Gasteiger partial charge in [-0.3, -0.25) is 24.2 Å². The molecule has 1 unspecified atom stereocenters. The lowest BCUT2D eigenvalue weighted by atomic mass is 9.72. The maximum atomic E-state index is 12.9. The van der Waals surface area contributed by atoms with E-state index in [4.69, 9.17) is 16.3 Å². The van der Waals surface area contributed by atoms with E-state index < -0.39 is 29.7 Å². The number of benzene rings is 1. The molecule has 2 heterocycles. The van der Waals surface area contributed by atoms with Gasteiger partial charge in [0.1, 0.15) is 17.4 Å². The number of imide groups is 2. The molecule has 7 nitrogen and oxygen atoms in total. The van der Waals surface area contributed by atoms with Crippen molar-refractivity contribution in [3.05, 3.63) is 40.1 Å². The summed E-state index contributed by atoms with van der Waals surface area (Å²) < 4.78 is 5.91. The first kappa shape index (κ1) is 17.7. The van der Waals surface area contributed by atoms with E-state index in [0.29, 0.717) is 46.9 Å².